The molecule has 0 atom stereocenters. The van der Waals surface area contributed by atoms with Crippen LogP contribution in [0.2, 0.25) is 5.02 Å². The van der Waals surface area contributed by atoms with Gasteiger partial charge in [0.05, 0.1) is 25.5 Å². The van der Waals surface area contributed by atoms with Crippen molar-refractivity contribution in [1.82, 2.24) is 4.72 Å². The number of sulfonamides is 1. The number of benzene rings is 1. The first-order valence-electron chi connectivity index (χ1n) is 5.46. The maximum atomic E-state index is 11.8. The first kappa shape index (κ1) is 14.4. The Kier molecular flexibility index (Phi) is 5.39. The first-order valence-corrected chi connectivity index (χ1v) is 7.32. The van der Waals surface area contributed by atoms with Crippen molar-refractivity contribution in [3.8, 4) is 0 Å². The van der Waals surface area contributed by atoms with Gasteiger partial charge >= 0.3 is 0 Å². The molecule has 0 fully saturated rings. The Morgan fingerprint density at radius 1 is 1.24 bits per heavy atom. The van der Waals surface area contributed by atoms with Crippen molar-refractivity contribution in [3.63, 3.8) is 0 Å². The molecular formula is C11H18ClN2O2S+. The Labute approximate surface area is 108 Å². The molecular weight excluding hydrogens is 260 g/mol. The maximum Gasteiger partial charge on any atom is 0.240 e. The number of hydrogen-bond donors (Lipinski definition) is 2. The van der Waals surface area contributed by atoms with Crippen LogP contribution in [0, 0.1) is 0 Å². The van der Waals surface area contributed by atoms with Gasteiger partial charge in [-0.3, -0.25) is 0 Å². The molecule has 0 aliphatic carbocycles. The van der Waals surface area contributed by atoms with E-state index in [1.165, 1.54) is 17.0 Å². The van der Waals surface area contributed by atoms with E-state index in [1.807, 2.05) is 14.1 Å². The van der Waals surface area contributed by atoms with Crippen LogP contribution in [-0.4, -0.2) is 35.6 Å². The Bertz CT molecular complexity index is 443. The smallest absolute Gasteiger partial charge is 0.240 e. The normalized spacial score (nSPS) is 12.0. The lowest BCUT2D eigenvalue weighted by molar-refractivity contribution is -0.858. The van der Waals surface area contributed by atoms with Gasteiger partial charge in [0.1, 0.15) is 0 Å². The molecule has 0 radical (unpaired) electrons. The molecule has 0 saturated heterocycles. The van der Waals surface area contributed by atoms with E-state index in [4.69, 9.17) is 11.6 Å². The minimum atomic E-state index is -3.39. The van der Waals surface area contributed by atoms with Crippen LogP contribution >= 0.6 is 11.6 Å². The molecule has 0 bridgehead atoms. The molecule has 2 N–H and O–H groups in total. The topological polar surface area (TPSA) is 50.6 Å². The zero-order valence-corrected chi connectivity index (χ0v) is 11.6. The van der Waals surface area contributed by atoms with E-state index in [0.717, 1.165) is 13.0 Å². The molecule has 0 unspecified atom stereocenters. The van der Waals surface area contributed by atoms with Crippen molar-refractivity contribution >= 4 is 21.6 Å². The summed E-state index contributed by atoms with van der Waals surface area (Å²) in [6.07, 6.45) is 0.815. The molecule has 0 aliphatic heterocycles. The summed E-state index contributed by atoms with van der Waals surface area (Å²) in [4.78, 5) is 1.55. The number of halogens is 1. The largest absolute Gasteiger partial charge is 0.340 e. The van der Waals surface area contributed by atoms with E-state index < -0.39 is 10.0 Å². The van der Waals surface area contributed by atoms with Crippen LogP contribution in [0.15, 0.2) is 29.2 Å². The summed E-state index contributed by atoms with van der Waals surface area (Å²) in [5, 5.41) is 0.528. The predicted molar refractivity (Wildman–Crippen MR) is 68.9 cm³/mol. The Morgan fingerprint density at radius 3 is 2.35 bits per heavy atom. The van der Waals surface area contributed by atoms with E-state index >= 15 is 0 Å². The number of rotatable bonds is 6. The van der Waals surface area contributed by atoms with Crippen LogP contribution in [0.4, 0.5) is 0 Å². The van der Waals surface area contributed by atoms with Crippen molar-refractivity contribution in [2.75, 3.05) is 27.2 Å². The highest BCUT2D eigenvalue weighted by molar-refractivity contribution is 7.89. The van der Waals surface area contributed by atoms with Gasteiger partial charge in [0.2, 0.25) is 10.0 Å². The standard InChI is InChI=1S/C11H17ClN2O2S/c1-14(2)9-3-8-13-17(15,16)11-6-4-10(12)5-7-11/h4-7,13H,3,8-9H2,1-2H3/p+1. The highest BCUT2D eigenvalue weighted by Crippen LogP contribution is 2.13. The molecule has 1 rings (SSSR count). The fraction of sp³-hybridized carbons (Fsp3) is 0.455. The van der Waals surface area contributed by atoms with Crippen LogP contribution in [0.25, 0.3) is 0 Å². The van der Waals surface area contributed by atoms with E-state index in [9.17, 15) is 8.42 Å². The average Bonchev–Trinajstić information content (AvgIpc) is 2.25. The minimum Gasteiger partial charge on any atom is -0.340 e. The molecule has 0 aliphatic rings. The van der Waals surface area contributed by atoms with Crippen molar-refractivity contribution in [1.29, 1.82) is 0 Å². The second kappa shape index (κ2) is 6.35. The van der Waals surface area contributed by atoms with E-state index in [1.54, 1.807) is 12.1 Å². The molecule has 17 heavy (non-hydrogen) atoms. The van der Waals surface area contributed by atoms with E-state index in [-0.39, 0.29) is 4.90 Å². The molecule has 4 nitrogen and oxygen atoms in total. The summed E-state index contributed by atoms with van der Waals surface area (Å²) in [7, 11) is 0.678. The molecule has 0 aromatic heterocycles. The summed E-state index contributed by atoms with van der Waals surface area (Å²) < 4.78 is 26.2. The lowest BCUT2D eigenvalue weighted by atomic mass is 10.4. The Balaban J connectivity index is 2.54. The summed E-state index contributed by atoms with van der Waals surface area (Å²) in [5.74, 6) is 0. The van der Waals surface area contributed by atoms with Gasteiger partial charge in [-0.05, 0) is 24.3 Å². The highest BCUT2D eigenvalue weighted by Gasteiger charge is 2.12. The van der Waals surface area contributed by atoms with Crippen LogP contribution < -0.4 is 9.62 Å². The molecule has 96 valence electrons. The summed E-state index contributed by atoms with van der Waals surface area (Å²) >= 11 is 5.71. The lowest BCUT2D eigenvalue weighted by Crippen LogP contribution is -3.05. The fourth-order valence-corrected chi connectivity index (χ4v) is 2.55. The van der Waals surface area contributed by atoms with Gasteiger partial charge in [0, 0.05) is 18.0 Å². The highest BCUT2D eigenvalue weighted by atomic mass is 35.5. The second-order valence-corrected chi connectivity index (χ2v) is 6.37. The monoisotopic (exact) mass is 277 g/mol. The molecule has 6 heteroatoms. The van der Waals surface area contributed by atoms with Gasteiger partial charge in [0.25, 0.3) is 0 Å². The summed E-state index contributed by atoms with van der Waals surface area (Å²) in [6.45, 7) is 1.39. The van der Waals surface area contributed by atoms with Crippen LogP contribution in [0.3, 0.4) is 0 Å². The molecule has 0 amide bonds. The zero-order valence-electron chi connectivity index (χ0n) is 10.0. The van der Waals surface area contributed by atoms with Gasteiger partial charge in [-0.15, -0.1) is 0 Å². The minimum absolute atomic E-state index is 0.249. The van der Waals surface area contributed by atoms with E-state index in [0.29, 0.717) is 11.6 Å². The van der Waals surface area contributed by atoms with Crippen molar-refractivity contribution in [3.05, 3.63) is 29.3 Å². The lowest BCUT2D eigenvalue weighted by Gasteiger charge is -2.08. The second-order valence-electron chi connectivity index (χ2n) is 4.16. The maximum absolute atomic E-state index is 11.8. The Hall–Kier alpha value is -0.620. The SMILES string of the molecule is C[NH+](C)CCCNS(=O)(=O)c1ccc(Cl)cc1. The quantitative estimate of drug-likeness (QED) is 0.728. The average molecular weight is 278 g/mol. The van der Waals surface area contributed by atoms with Crippen molar-refractivity contribution < 1.29 is 13.3 Å². The first-order chi connectivity index (χ1) is 7.92. The molecule has 1 aromatic carbocycles. The molecule has 1 aromatic rings. The number of nitrogens with one attached hydrogen (secondary N) is 2. The van der Waals surface area contributed by atoms with Gasteiger partial charge in [-0.1, -0.05) is 11.6 Å². The molecule has 0 saturated carbocycles. The van der Waals surface area contributed by atoms with Gasteiger partial charge in [0.15, 0.2) is 0 Å². The van der Waals surface area contributed by atoms with E-state index in [2.05, 4.69) is 4.72 Å². The third-order valence-electron chi connectivity index (χ3n) is 2.27. The van der Waals surface area contributed by atoms with Crippen LogP contribution in [0.5, 0.6) is 0 Å². The van der Waals surface area contributed by atoms with Crippen molar-refractivity contribution in [2.24, 2.45) is 0 Å². The Morgan fingerprint density at radius 2 is 1.82 bits per heavy atom. The van der Waals surface area contributed by atoms with Crippen LogP contribution in [-0.2, 0) is 10.0 Å². The van der Waals surface area contributed by atoms with Gasteiger partial charge in [-0.25, -0.2) is 13.1 Å². The summed E-state index contributed by atoms with van der Waals surface area (Å²) in [6, 6.07) is 6.14. The van der Waals surface area contributed by atoms with Crippen molar-refractivity contribution in [2.45, 2.75) is 11.3 Å². The van der Waals surface area contributed by atoms with Gasteiger partial charge in [-0.2, -0.15) is 0 Å². The predicted octanol–water partition coefficient (Wildman–Crippen LogP) is 0.153. The number of hydrogen-bond acceptors (Lipinski definition) is 2. The van der Waals surface area contributed by atoms with Crippen LogP contribution in [0.1, 0.15) is 6.42 Å². The molecule has 0 heterocycles. The number of quaternary nitrogens is 1. The van der Waals surface area contributed by atoms with Gasteiger partial charge < -0.3 is 4.90 Å². The fourth-order valence-electron chi connectivity index (χ4n) is 1.35. The third-order valence-corrected chi connectivity index (χ3v) is 4.00. The molecule has 0 spiro atoms. The third kappa shape index (κ3) is 5.04. The summed E-state index contributed by atoms with van der Waals surface area (Å²) in [5.41, 5.74) is 0. The zero-order chi connectivity index (χ0) is 12.9.